The fraction of sp³-hybridized carbons (Fsp3) is 0.231. The molecule has 1 aliphatic heterocycles. The zero-order valence-corrected chi connectivity index (χ0v) is 19.7. The van der Waals surface area contributed by atoms with Gasteiger partial charge < -0.3 is 19.5 Å². The van der Waals surface area contributed by atoms with Gasteiger partial charge in [0.15, 0.2) is 5.17 Å². The topological polar surface area (TPSA) is 69.2 Å². The number of hydrogen-bond acceptors (Lipinski definition) is 6. The molecule has 0 saturated carbocycles. The minimum absolute atomic E-state index is 0.190. The van der Waals surface area contributed by atoms with E-state index in [2.05, 4.69) is 10.3 Å². The van der Waals surface area contributed by atoms with Crippen LogP contribution in [0, 0.1) is 0 Å². The monoisotopic (exact) mass is 462 g/mol. The Bertz CT molecular complexity index is 1210. The van der Waals surface area contributed by atoms with Crippen LogP contribution in [0.25, 0.3) is 16.8 Å². The Kier molecular flexibility index (Phi) is 7.19. The molecule has 1 fully saturated rings. The summed E-state index contributed by atoms with van der Waals surface area (Å²) in [5, 5.41) is 5.39. The smallest absolute Gasteiger partial charge is 0.264 e. The van der Waals surface area contributed by atoms with Crippen molar-refractivity contribution in [2.24, 2.45) is 4.99 Å². The van der Waals surface area contributed by atoms with Gasteiger partial charge in [-0.15, -0.1) is 0 Å². The zero-order valence-electron chi connectivity index (χ0n) is 18.9. The van der Waals surface area contributed by atoms with Crippen LogP contribution >= 0.6 is 11.8 Å². The highest BCUT2D eigenvalue weighted by atomic mass is 32.2. The molecule has 0 aromatic heterocycles. The van der Waals surface area contributed by atoms with Gasteiger partial charge in [-0.25, -0.2) is 4.99 Å². The van der Waals surface area contributed by atoms with Gasteiger partial charge in [0.1, 0.15) is 17.2 Å². The number of thioether (sulfide) groups is 1. The molecule has 0 unspecified atom stereocenters. The van der Waals surface area contributed by atoms with Gasteiger partial charge in [-0.2, -0.15) is 0 Å². The first-order valence-corrected chi connectivity index (χ1v) is 11.8. The van der Waals surface area contributed by atoms with Gasteiger partial charge in [-0.05, 0) is 91.8 Å². The number of fused-ring (bicyclic) bond motifs is 1. The summed E-state index contributed by atoms with van der Waals surface area (Å²) in [6.45, 7) is 7.55. The number of carbonyl (C=O) groups excluding carboxylic acids is 1. The highest BCUT2D eigenvalue weighted by Crippen LogP contribution is 2.36. The first-order chi connectivity index (χ1) is 16.1. The van der Waals surface area contributed by atoms with Crippen LogP contribution in [0.15, 0.2) is 64.5 Å². The van der Waals surface area contributed by atoms with Crippen LogP contribution in [0.5, 0.6) is 17.2 Å². The molecule has 1 amide bonds. The summed E-state index contributed by atoms with van der Waals surface area (Å²) in [7, 11) is 0. The Labute approximate surface area is 197 Å². The number of nitrogens with zero attached hydrogens (tertiary/aromatic N) is 1. The van der Waals surface area contributed by atoms with Gasteiger partial charge in [0, 0.05) is 5.56 Å². The van der Waals surface area contributed by atoms with Crippen LogP contribution < -0.4 is 19.5 Å². The number of aliphatic imine (C=N–C) groups is 1. The number of nitrogens with one attached hydrogen (secondary N) is 1. The minimum atomic E-state index is -0.190. The third-order valence-corrected chi connectivity index (χ3v) is 5.82. The standard InChI is InChI=1S/C26H26N2O4S/c1-4-30-19-12-9-18(10-13-19)27-26-28-25(29)24(33-26)16-22-21-15-20(31-5-2)11-7-17(21)8-14-23(22)32-6-3/h7-16H,4-6H2,1-3H3,(H,27,28,29)/b24-16-. The van der Waals surface area contributed by atoms with E-state index in [4.69, 9.17) is 14.2 Å². The Hall–Kier alpha value is -3.45. The number of amides is 1. The lowest BCUT2D eigenvalue weighted by Crippen LogP contribution is -2.19. The third-order valence-electron chi connectivity index (χ3n) is 4.91. The van der Waals surface area contributed by atoms with Crippen molar-refractivity contribution in [1.29, 1.82) is 0 Å². The Morgan fingerprint density at radius 3 is 2.27 bits per heavy atom. The van der Waals surface area contributed by atoms with Crippen molar-refractivity contribution >= 4 is 45.4 Å². The second-order valence-electron chi connectivity index (χ2n) is 7.13. The molecule has 1 N–H and O–H groups in total. The van der Waals surface area contributed by atoms with E-state index in [1.165, 1.54) is 11.8 Å². The molecular formula is C26H26N2O4S. The normalized spacial score (nSPS) is 15.8. The fourth-order valence-corrected chi connectivity index (χ4v) is 4.32. The number of ether oxygens (including phenoxy) is 3. The maximum Gasteiger partial charge on any atom is 0.264 e. The van der Waals surface area contributed by atoms with E-state index in [-0.39, 0.29) is 5.91 Å². The Balaban J connectivity index is 1.68. The molecular weight excluding hydrogens is 436 g/mol. The lowest BCUT2D eigenvalue weighted by Gasteiger charge is -2.12. The summed E-state index contributed by atoms with van der Waals surface area (Å²) in [5.74, 6) is 2.09. The summed E-state index contributed by atoms with van der Waals surface area (Å²) in [5.41, 5.74) is 1.58. The van der Waals surface area contributed by atoms with E-state index in [1.54, 1.807) is 0 Å². The summed E-state index contributed by atoms with van der Waals surface area (Å²) in [6, 6.07) is 17.3. The summed E-state index contributed by atoms with van der Waals surface area (Å²) in [4.78, 5) is 17.8. The molecule has 1 heterocycles. The molecule has 7 heteroatoms. The van der Waals surface area contributed by atoms with Crippen molar-refractivity contribution in [3.05, 3.63) is 65.1 Å². The number of hydrogen-bond donors (Lipinski definition) is 1. The van der Waals surface area contributed by atoms with Gasteiger partial charge in [0.25, 0.3) is 5.91 Å². The van der Waals surface area contributed by atoms with Crippen molar-refractivity contribution in [2.45, 2.75) is 20.8 Å². The van der Waals surface area contributed by atoms with Crippen LogP contribution in [0.3, 0.4) is 0 Å². The van der Waals surface area contributed by atoms with Gasteiger partial charge in [0.05, 0.1) is 30.4 Å². The molecule has 1 aliphatic rings. The first kappa shape index (κ1) is 22.7. The van der Waals surface area contributed by atoms with Crippen molar-refractivity contribution in [3.63, 3.8) is 0 Å². The molecule has 1 saturated heterocycles. The van der Waals surface area contributed by atoms with Crippen molar-refractivity contribution in [2.75, 3.05) is 19.8 Å². The average molecular weight is 463 g/mol. The second-order valence-corrected chi connectivity index (χ2v) is 8.17. The maximum atomic E-state index is 12.7. The van der Waals surface area contributed by atoms with Crippen LogP contribution in [0.1, 0.15) is 26.3 Å². The highest BCUT2D eigenvalue weighted by molar-refractivity contribution is 8.18. The molecule has 0 bridgehead atoms. The SMILES string of the molecule is CCOc1ccc(N=C2NC(=O)/C(=C/c3c(OCC)ccc4ccc(OCC)cc34)S2)cc1. The lowest BCUT2D eigenvalue weighted by molar-refractivity contribution is -0.115. The lowest BCUT2D eigenvalue weighted by atomic mass is 10.0. The van der Waals surface area contributed by atoms with Gasteiger partial charge in [0.2, 0.25) is 0 Å². The van der Waals surface area contributed by atoms with E-state index in [1.807, 2.05) is 81.4 Å². The van der Waals surface area contributed by atoms with Crippen LogP contribution in [-0.4, -0.2) is 30.9 Å². The van der Waals surface area contributed by atoms with Crippen LogP contribution in [0.4, 0.5) is 5.69 Å². The molecule has 0 spiro atoms. The fourth-order valence-electron chi connectivity index (χ4n) is 3.50. The maximum absolute atomic E-state index is 12.7. The number of carbonyl (C=O) groups is 1. The van der Waals surface area contributed by atoms with E-state index < -0.39 is 0 Å². The molecule has 33 heavy (non-hydrogen) atoms. The molecule has 3 aromatic rings. The van der Waals surface area contributed by atoms with Crippen LogP contribution in [0.2, 0.25) is 0 Å². The average Bonchev–Trinajstić information content (AvgIpc) is 3.15. The quantitative estimate of drug-likeness (QED) is 0.420. The molecule has 0 atom stereocenters. The number of benzene rings is 3. The van der Waals surface area contributed by atoms with Gasteiger partial charge in [-0.1, -0.05) is 12.1 Å². The Morgan fingerprint density at radius 1 is 0.879 bits per heavy atom. The van der Waals surface area contributed by atoms with Crippen LogP contribution in [-0.2, 0) is 4.79 Å². The summed E-state index contributed by atoms with van der Waals surface area (Å²) < 4.78 is 17.0. The molecule has 4 rings (SSSR count). The zero-order chi connectivity index (χ0) is 23.2. The molecule has 0 aliphatic carbocycles. The predicted molar refractivity (Wildman–Crippen MR) is 135 cm³/mol. The number of amidine groups is 1. The van der Waals surface area contributed by atoms with E-state index in [9.17, 15) is 4.79 Å². The third kappa shape index (κ3) is 5.31. The van der Waals surface area contributed by atoms with E-state index >= 15 is 0 Å². The summed E-state index contributed by atoms with van der Waals surface area (Å²) >= 11 is 1.31. The van der Waals surface area contributed by atoms with E-state index in [0.29, 0.717) is 29.9 Å². The molecule has 170 valence electrons. The molecule has 3 aromatic carbocycles. The summed E-state index contributed by atoms with van der Waals surface area (Å²) in [6.07, 6.45) is 1.86. The molecule has 0 radical (unpaired) electrons. The van der Waals surface area contributed by atoms with Crippen molar-refractivity contribution in [1.82, 2.24) is 5.32 Å². The first-order valence-electron chi connectivity index (χ1n) is 11.0. The second kappa shape index (κ2) is 10.4. The minimum Gasteiger partial charge on any atom is -0.494 e. The van der Waals surface area contributed by atoms with Crippen molar-refractivity contribution < 1.29 is 19.0 Å². The van der Waals surface area contributed by atoms with Crippen molar-refractivity contribution in [3.8, 4) is 17.2 Å². The van der Waals surface area contributed by atoms with Gasteiger partial charge >= 0.3 is 0 Å². The Morgan fingerprint density at radius 2 is 1.55 bits per heavy atom. The molecule has 6 nitrogen and oxygen atoms in total. The van der Waals surface area contributed by atoms with E-state index in [0.717, 1.165) is 39.3 Å². The largest absolute Gasteiger partial charge is 0.494 e. The highest BCUT2D eigenvalue weighted by Gasteiger charge is 2.25. The predicted octanol–water partition coefficient (Wildman–Crippen LogP) is 5.93. The van der Waals surface area contributed by atoms with Gasteiger partial charge in [-0.3, -0.25) is 4.79 Å². The number of rotatable bonds is 8.